The number of amides is 1. The Labute approximate surface area is 220 Å². The van der Waals surface area contributed by atoms with Gasteiger partial charge in [0, 0.05) is 10.6 Å². The van der Waals surface area contributed by atoms with Crippen molar-refractivity contribution in [2.75, 3.05) is 6.61 Å². The summed E-state index contributed by atoms with van der Waals surface area (Å²) >= 11 is 17.5. The average molecular weight is 578 g/mol. The van der Waals surface area contributed by atoms with E-state index < -0.39 is 0 Å². The van der Waals surface area contributed by atoms with Gasteiger partial charge in [-0.25, -0.2) is 4.99 Å². The van der Waals surface area contributed by atoms with Crippen molar-refractivity contribution in [3.63, 3.8) is 0 Å². The highest BCUT2D eigenvalue weighted by molar-refractivity contribution is 9.10. The first kappa shape index (κ1) is 24.7. The monoisotopic (exact) mass is 576 g/mol. The minimum atomic E-state index is -0.221. The molecule has 34 heavy (non-hydrogen) atoms. The third-order valence-electron chi connectivity index (χ3n) is 4.68. The van der Waals surface area contributed by atoms with Gasteiger partial charge in [-0.1, -0.05) is 41.4 Å². The summed E-state index contributed by atoms with van der Waals surface area (Å²) in [5.74, 6) is 1.06. The summed E-state index contributed by atoms with van der Waals surface area (Å²) in [6.07, 6.45) is 1.76. The predicted octanol–water partition coefficient (Wildman–Crippen LogP) is 7.63. The summed E-state index contributed by atoms with van der Waals surface area (Å²) in [4.78, 5) is 17.5. The van der Waals surface area contributed by atoms with Crippen LogP contribution in [0, 0.1) is 0 Å². The fourth-order valence-electron chi connectivity index (χ4n) is 3.10. The minimum absolute atomic E-state index is 0.221. The van der Waals surface area contributed by atoms with E-state index in [1.807, 2.05) is 61.5 Å². The maximum Gasteiger partial charge on any atom is 0.264 e. The average Bonchev–Trinajstić information content (AvgIpc) is 3.14. The fraction of sp³-hybridized carbons (Fsp3) is 0.120. The van der Waals surface area contributed by atoms with Crippen molar-refractivity contribution < 1.29 is 14.3 Å². The molecule has 0 unspecified atom stereocenters. The van der Waals surface area contributed by atoms with Gasteiger partial charge >= 0.3 is 0 Å². The number of hydrogen-bond donors (Lipinski definition) is 1. The molecule has 9 heteroatoms. The zero-order chi connectivity index (χ0) is 24.1. The van der Waals surface area contributed by atoms with Gasteiger partial charge in [0.1, 0.15) is 12.4 Å². The predicted molar refractivity (Wildman–Crippen MR) is 143 cm³/mol. The zero-order valence-corrected chi connectivity index (χ0v) is 21.9. The molecule has 0 aromatic heterocycles. The van der Waals surface area contributed by atoms with Crippen molar-refractivity contribution in [3.05, 3.63) is 91.2 Å². The van der Waals surface area contributed by atoms with Gasteiger partial charge in [-0.2, -0.15) is 0 Å². The molecule has 0 saturated carbocycles. The van der Waals surface area contributed by atoms with E-state index in [1.165, 1.54) is 11.8 Å². The Kier molecular flexibility index (Phi) is 8.21. The summed E-state index contributed by atoms with van der Waals surface area (Å²) in [5, 5.41) is 4.34. The van der Waals surface area contributed by atoms with Crippen molar-refractivity contribution in [1.29, 1.82) is 0 Å². The number of nitrogens with zero attached hydrogens (tertiary/aromatic N) is 1. The van der Waals surface area contributed by atoms with E-state index >= 15 is 0 Å². The summed E-state index contributed by atoms with van der Waals surface area (Å²) in [6, 6.07) is 18.4. The zero-order valence-electron chi connectivity index (χ0n) is 18.0. The quantitative estimate of drug-likeness (QED) is 0.293. The molecule has 0 spiro atoms. The van der Waals surface area contributed by atoms with E-state index in [0.29, 0.717) is 36.9 Å². The molecular weight excluding hydrogens is 559 g/mol. The molecule has 1 amide bonds. The number of carbonyl (C=O) groups is 1. The lowest BCUT2D eigenvalue weighted by molar-refractivity contribution is -0.115. The van der Waals surface area contributed by atoms with Crippen molar-refractivity contribution in [1.82, 2.24) is 5.32 Å². The lowest BCUT2D eigenvalue weighted by Gasteiger charge is -2.12. The van der Waals surface area contributed by atoms with Gasteiger partial charge in [-0.05, 0) is 88.7 Å². The van der Waals surface area contributed by atoms with Gasteiger partial charge in [0.2, 0.25) is 0 Å². The highest BCUT2D eigenvalue weighted by Crippen LogP contribution is 2.37. The highest BCUT2D eigenvalue weighted by Gasteiger charge is 2.24. The lowest BCUT2D eigenvalue weighted by atomic mass is 10.2. The summed E-state index contributed by atoms with van der Waals surface area (Å²) in [7, 11) is 0. The molecule has 0 radical (unpaired) electrons. The SMILES string of the molecule is CCOc1ccc(N=C2NC(=O)/C(=C\c3cc(Cl)c(OCc4ccccc4Cl)c(Br)c3)S2)cc1. The van der Waals surface area contributed by atoms with Gasteiger partial charge < -0.3 is 14.8 Å². The van der Waals surface area contributed by atoms with E-state index in [4.69, 9.17) is 32.7 Å². The van der Waals surface area contributed by atoms with Gasteiger partial charge in [0.25, 0.3) is 5.91 Å². The first-order chi connectivity index (χ1) is 16.4. The molecule has 1 aliphatic heterocycles. The minimum Gasteiger partial charge on any atom is -0.494 e. The van der Waals surface area contributed by atoms with E-state index in [-0.39, 0.29) is 12.5 Å². The molecule has 4 rings (SSSR count). The molecule has 3 aromatic carbocycles. The van der Waals surface area contributed by atoms with Crippen LogP contribution in [0.2, 0.25) is 10.0 Å². The first-order valence-corrected chi connectivity index (χ1v) is 12.7. The third kappa shape index (κ3) is 6.16. The van der Waals surface area contributed by atoms with Crippen LogP contribution in [-0.2, 0) is 11.4 Å². The Bertz CT molecular complexity index is 1260. The Balaban J connectivity index is 1.48. The van der Waals surface area contributed by atoms with Crippen LogP contribution in [0.4, 0.5) is 5.69 Å². The third-order valence-corrected chi connectivity index (χ3v) is 6.83. The van der Waals surface area contributed by atoms with Crippen LogP contribution in [0.5, 0.6) is 11.5 Å². The van der Waals surface area contributed by atoms with Crippen LogP contribution >= 0.6 is 50.9 Å². The second-order valence-corrected chi connectivity index (χ2v) is 9.80. The number of rotatable bonds is 7. The number of ether oxygens (including phenoxy) is 2. The number of aliphatic imine (C=N–C) groups is 1. The molecule has 1 aliphatic rings. The molecule has 0 atom stereocenters. The normalized spacial score (nSPS) is 15.6. The molecule has 174 valence electrons. The topological polar surface area (TPSA) is 59.9 Å². The van der Waals surface area contributed by atoms with Crippen LogP contribution < -0.4 is 14.8 Å². The van der Waals surface area contributed by atoms with E-state index in [0.717, 1.165) is 22.6 Å². The summed E-state index contributed by atoms with van der Waals surface area (Å²) in [5.41, 5.74) is 2.33. The first-order valence-electron chi connectivity index (χ1n) is 10.3. The van der Waals surface area contributed by atoms with Crippen molar-refractivity contribution in [3.8, 4) is 11.5 Å². The van der Waals surface area contributed by atoms with E-state index in [9.17, 15) is 4.79 Å². The Morgan fingerprint density at radius 1 is 1.06 bits per heavy atom. The molecule has 0 bridgehead atoms. The smallest absolute Gasteiger partial charge is 0.264 e. The Morgan fingerprint density at radius 2 is 1.82 bits per heavy atom. The molecular formula is C25H19BrCl2N2O3S. The van der Waals surface area contributed by atoms with Crippen molar-refractivity contribution in [2.45, 2.75) is 13.5 Å². The standard InChI is InChI=1S/C25H19BrCl2N2O3S/c1-2-32-18-9-7-17(8-10-18)29-25-30-24(31)22(34-25)13-15-11-19(26)23(21(28)12-15)33-14-16-5-3-4-6-20(16)27/h3-13H,2,14H2,1H3,(H,29,30,31)/b22-13+. The lowest BCUT2D eigenvalue weighted by Crippen LogP contribution is -2.19. The number of nitrogens with one attached hydrogen (secondary N) is 1. The maximum absolute atomic E-state index is 12.5. The second kappa shape index (κ2) is 11.3. The number of halogens is 3. The number of benzene rings is 3. The molecule has 3 aromatic rings. The maximum atomic E-state index is 12.5. The van der Waals surface area contributed by atoms with Crippen molar-refractivity contribution in [2.24, 2.45) is 4.99 Å². The molecule has 1 saturated heterocycles. The van der Waals surface area contributed by atoms with Crippen molar-refractivity contribution >= 4 is 73.7 Å². The molecule has 1 heterocycles. The molecule has 5 nitrogen and oxygen atoms in total. The largest absolute Gasteiger partial charge is 0.494 e. The van der Waals surface area contributed by atoms with Gasteiger partial charge in [0.15, 0.2) is 10.9 Å². The van der Waals surface area contributed by atoms with Gasteiger partial charge in [0.05, 0.1) is 26.7 Å². The van der Waals surface area contributed by atoms with E-state index in [2.05, 4.69) is 26.2 Å². The van der Waals surface area contributed by atoms with Gasteiger partial charge in [-0.3, -0.25) is 4.79 Å². The summed E-state index contributed by atoms with van der Waals surface area (Å²) in [6.45, 7) is 2.81. The number of hydrogen-bond acceptors (Lipinski definition) is 5. The Morgan fingerprint density at radius 3 is 2.53 bits per heavy atom. The molecule has 1 N–H and O–H groups in total. The molecule has 0 aliphatic carbocycles. The van der Waals surface area contributed by atoms with Crippen LogP contribution in [0.1, 0.15) is 18.1 Å². The Hall–Kier alpha value is -2.45. The highest BCUT2D eigenvalue weighted by atomic mass is 79.9. The number of amidine groups is 1. The van der Waals surface area contributed by atoms with Crippen LogP contribution in [0.15, 0.2) is 75.0 Å². The van der Waals surface area contributed by atoms with Crippen LogP contribution in [0.3, 0.4) is 0 Å². The second-order valence-electron chi connectivity index (χ2n) is 7.10. The summed E-state index contributed by atoms with van der Waals surface area (Å²) < 4.78 is 12.0. The van der Waals surface area contributed by atoms with Gasteiger partial charge in [-0.15, -0.1) is 0 Å². The van der Waals surface area contributed by atoms with Crippen LogP contribution in [-0.4, -0.2) is 17.7 Å². The van der Waals surface area contributed by atoms with E-state index in [1.54, 1.807) is 12.1 Å². The fourth-order valence-corrected chi connectivity index (χ4v) is 5.12. The molecule has 1 fully saturated rings. The number of thioether (sulfide) groups is 1. The number of carbonyl (C=O) groups excluding carboxylic acids is 1. The van der Waals surface area contributed by atoms with Crippen LogP contribution in [0.25, 0.3) is 6.08 Å².